The number of aromatic nitrogens is 1. The Morgan fingerprint density at radius 2 is 0.988 bits per heavy atom. The van der Waals surface area contributed by atoms with Crippen molar-refractivity contribution in [2.75, 3.05) is 38.5 Å². The lowest BCUT2D eigenvalue weighted by molar-refractivity contribution is -0.152. The molecule has 80 heavy (non-hydrogen) atoms. The third kappa shape index (κ3) is 19.8. The number of para-hydroxylation sites is 1. The van der Waals surface area contributed by atoms with E-state index in [4.69, 9.17) is 37.9 Å². The minimum absolute atomic E-state index is 0.127. The summed E-state index contributed by atoms with van der Waals surface area (Å²) in [6, 6.07) is 27.0. The van der Waals surface area contributed by atoms with Crippen LogP contribution in [0.2, 0.25) is 0 Å². The second-order valence-electron chi connectivity index (χ2n) is 19.7. The average Bonchev–Trinajstić information content (AvgIpc) is 3.91. The Hall–Kier alpha value is -7.86. The highest BCUT2D eigenvalue weighted by molar-refractivity contribution is 7.22. The number of fused-ring (bicyclic) bond motifs is 1. The fraction of sp³-hybridized carbons (Fsp3) is 0.419. The zero-order valence-electron chi connectivity index (χ0n) is 45.2. The number of carbonyl (C=O) groups excluding carboxylic acids is 6. The van der Waals surface area contributed by atoms with E-state index in [1.54, 1.807) is 60.8 Å². The van der Waals surface area contributed by atoms with Gasteiger partial charge in [-0.05, 0) is 181 Å². The fourth-order valence-electron chi connectivity index (χ4n) is 9.30. The molecule has 4 aromatic carbocycles. The summed E-state index contributed by atoms with van der Waals surface area (Å²) < 4.78 is 45.8. The summed E-state index contributed by atoms with van der Waals surface area (Å²) in [5.41, 5.74) is 5.20. The summed E-state index contributed by atoms with van der Waals surface area (Å²) in [5.74, 6) is -1.13. The van der Waals surface area contributed by atoms with E-state index in [1.807, 2.05) is 36.4 Å². The van der Waals surface area contributed by atoms with Crippen LogP contribution in [0.25, 0.3) is 10.2 Å². The largest absolute Gasteiger partial charge is 0.494 e. The predicted octanol–water partition coefficient (Wildman–Crippen LogP) is 11.9. The molecule has 0 bridgehead atoms. The Morgan fingerprint density at radius 3 is 1.49 bits per heavy atom. The number of rotatable bonds is 31. The molecule has 1 aromatic heterocycles. The van der Waals surface area contributed by atoms with Gasteiger partial charge in [-0.1, -0.05) is 42.7 Å². The van der Waals surface area contributed by atoms with Gasteiger partial charge in [-0.25, -0.2) is 14.6 Å². The first-order valence-electron chi connectivity index (χ1n) is 27.7. The van der Waals surface area contributed by atoms with Gasteiger partial charge in [-0.2, -0.15) is 5.10 Å². The maximum atomic E-state index is 13.7. The number of nitrogens with zero attached hydrogens (tertiary/aromatic N) is 2. The van der Waals surface area contributed by atoms with Crippen LogP contribution in [0.1, 0.15) is 114 Å². The number of nitrogens with one attached hydrogen (secondary N) is 1. The van der Waals surface area contributed by atoms with Crippen LogP contribution in [0.15, 0.2) is 121 Å². The highest BCUT2D eigenvalue weighted by Gasteiger charge is 2.34. The molecule has 17 nitrogen and oxygen atoms in total. The molecule has 0 radical (unpaired) electrons. The van der Waals surface area contributed by atoms with Gasteiger partial charge in [0.05, 0.1) is 73.1 Å². The molecule has 1 heterocycles. The van der Waals surface area contributed by atoms with E-state index in [0.717, 1.165) is 79.3 Å². The minimum atomic E-state index is -0.420. The standard InChI is InChI=1S/C62H71N3O14S/c1-3-56(66)74-38-13-7-5-11-36-72-49-26-30-51(31-27-49)77-59(69)45-20-18-44(19-21-45)58(68)76-40-35-43-17-34-54(48(41-43)42-63-65-62-64-53-15-9-10-16-55(53)80-62)79-61(71)47-24-22-46(23-25-47)60(70)78-52-32-28-50(29-33-52)73-37-12-6-8-14-39-75-57(67)4-2/h3-4,9-10,15-17,26-34,41-42,44-47H,1-2,5-8,11-14,18-25,35-40H2,(H,64,65)/b63-42+. The second-order valence-corrected chi connectivity index (χ2v) is 20.7. The van der Waals surface area contributed by atoms with Gasteiger partial charge < -0.3 is 37.9 Å². The Labute approximate surface area is 471 Å². The van der Waals surface area contributed by atoms with Gasteiger partial charge in [0.1, 0.15) is 28.7 Å². The number of hydrazone groups is 1. The molecule has 2 fully saturated rings. The first kappa shape index (κ1) is 59.8. The second kappa shape index (κ2) is 32.3. The van der Waals surface area contributed by atoms with Crippen molar-refractivity contribution in [3.05, 3.63) is 127 Å². The van der Waals surface area contributed by atoms with Crippen molar-refractivity contribution in [2.45, 2.75) is 109 Å². The number of carbonyl (C=O) groups is 6. The number of hydrogen-bond donors (Lipinski definition) is 1. The van der Waals surface area contributed by atoms with Crippen molar-refractivity contribution in [2.24, 2.45) is 28.8 Å². The molecule has 2 saturated carbocycles. The molecule has 18 heteroatoms. The number of unbranched alkanes of at least 4 members (excludes halogenated alkanes) is 6. The summed E-state index contributed by atoms with van der Waals surface area (Å²) in [4.78, 5) is 80.0. The van der Waals surface area contributed by atoms with Gasteiger partial charge in [0.25, 0.3) is 0 Å². The number of hydrogen-bond acceptors (Lipinski definition) is 18. The molecule has 2 aliphatic carbocycles. The van der Waals surface area contributed by atoms with Gasteiger partial charge in [0.2, 0.25) is 5.13 Å². The van der Waals surface area contributed by atoms with Crippen molar-refractivity contribution in [1.82, 2.24) is 4.98 Å². The van der Waals surface area contributed by atoms with Crippen LogP contribution in [-0.2, 0) is 49.4 Å². The lowest BCUT2D eigenvalue weighted by atomic mass is 9.82. The highest BCUT2D eigenvalue weighted by Crippen LogP contribution is 2.34. The van der Waals surface area contributed by atoms with Crippen LogP contribution < -0.4 is 29.1 Å². The third-order valence-electron chi connectivity index (χ3n) is 13.9. The van der Waals surface area contributed by atoms with Crippen molar-refractivity contribution < 1.29 is 66.7 Å². The number of thiazole rings is 1. The third-order valence-corrected chi connectivity index (χ3v) is 14.8. The fourth-order valence-corrected chi connectivity index (χ4v) is 10.1. The van der Waals surface area contributed by atoms with Gasteiger partial charge in [-0.15, -0.1) is 0 Å². The minimum Gasteiger partial charge on any atom is -0.494 e. The van der Waals surface area contributed by atoms with Gasteiger partial charge >= 0.3 is 35.8 Å². The molecular formula is C62H71N3O14S. The van der Waals surface area contributed by atoms with Crippen LogP contribution in [0.5, 0.6) is 28.7 Å². The Morgan fingerprint density at radius 1 is 0.525 bits per heavy atom. The van der Waals surface area contributed by atoms with Crippen LogP contribution in [0.4, 0.5) is 5.13 Å². The first-order valence-corrected chi connectivity index (χ1v) is 28.5. The van der Waals surface area contributed by atoms with Crippen molar-refractivity contribution in [3.63, 3.8) is 0 Å². The van der Waals surface area contributed by atoms with Crippen LogP contribution in [0, 0.1) is 23.7 Å². The van der Waals surface area contributed by atoms with Crippen molar-refractivity contribution >= 4 is 68.7 Å². The number of benzene rings is 4. The molecule has 0 saturated heterocycles. The molecule has 0 aliphatic heterocycles. The maximum Gasteiger partial charge on any atom is 0.330 e. The van der Waals surface area contributed by atoms with E-state index >= 15 is 0 Å². The number of esters is 6. The van der Waals surface area contributed by atoms with E-state index in [0.29, 0.717) is 124 Å². The Balaban J connectivity index is 0.826. The van der Waals surface area contributed by atoms with E-state index in [9.17, 15) is 28.8 Å². The monoisotopic (exact) mass is 1110 g/mol. The normalized spacial score (nSPS) is 16.9. The molecule has 424 valence electrons. The smallest absolute Gasteiger partial charge is 0.330 e. The molecule has 0 amide bonds. The van der Waals surface area contributed by atoms with E-state index in [2.05, 4.69) is 28.7 Å². The summed E-state index contributed by atoms with van der Waals surface area (Å²) in [7, 11) is 0. The average molecular weight is 1110 g/mol. The van der Waals surface area contributed by atoms with Crippen molar-refractivity contribution in [3.8, 4) is 28.7 Å². The highest BCUT2D eigenvalue weighted by atomic mass is 32.1. The first-order chi connectivity index (χ1) is 39.0. The molecule has 2 aliphatic rings. The lowest BCUT2D eigenvalue weighted by Gasteiger charge is -2.26. The summed E-state index contributed by atoms with van der Waals surface area (Å²) in [5, 5.41) is 5.04. The lowest BCUT2D eigenvalue weighted by Crippen LogP contribution is -2.30. The maximum absolute atomic E-state index is 13.7. The quantitative estimate of drug-likeness (QED) is 0.00831. The Kier molecular flexibility index (Phi) is 24.1. The topological polar surface area (TPSA) is 214 Å². The van der Waals surface area contributed by atoms with Crippen LogP contribution in [0.3, 0.4) is 0 Å². The SMILES string of the molecule is C=CC(=O)OCCCCCCOc1ccc(OC(=O)C2CCC(C(=O)OCCc3ccc(OC(=O)C4CCC(C(=O)Oc5ccc(OCCCCCCOC(=O)C=C)cc5)CC4)c(/C=N/Nc4nc5ccccc5s4)c3)CC2)cc1. The van der Waals surface area contributed by atoms with Crippen molar-refractivity contribution in [1.29, 1.82) is 0 Å². The summed E-state index contributed by atoms with van der Waals surface area (Å²) >= 11 is 1.46. The Bertz CT molecular complexity index is 2840. The molecule has 0 spiro atoms. The number of ether oxygens (including phenoxy) is 8. The molecule has 5 aromatic rings. The summed E-state index contributed by atoms with van der Waals surface area (Å²) in [6.45, 7) is 8.73. The van der Waals surface area contributed by atoms with E-state index in [1.165, 1.54) is 11.3 Å². The van der Waals surface area contributed by atoms with Gasteiger partial charge in [-0.3, -0.25) is 24.6 Å². The molecule has 1 N–H and O–H groups in total. The zero-order valence-corrected chi connectivity index (χ0v) is 46.0. The van der Waals surface area contributed by atoms with E-state index < -0.39 is 23.8 Å². The molecule has 7 rings (SSSR count). The van der Waals surface area contributed by atoms with Crippen LogP contribution in [-0.4, -0.2) is 80.0 Å². The predicted molar refractivity (Wildman–Crippen MR) is 303 cm³/mol. The molecular weight excluding hydrogens is 1040 g/mol. The van der Waals surface area contributed by atoms with E-state index in [-0.39, 0.29) is 42.3 Å². The van der Waals surface area contributed by atoms with Gasteiger partial charge in [0.15, 0.2) is 0 Å². The van der Waals surface area contributed by atoms with Gasteiger partial charge in [0, 0.05) is 24.1 Å². The number of anilines is 1. The van der Waals surface area contributed by atoms with Crippen LogP contribution >= 0.6 is 11.3 Å². The molecule has 0 unspecified atom stereocenters. The summed E-state index contributed by atoms with van der Waals surface area (Å²) in [6.07, 6.45) is 15.2. The molecule has 0 atom stereocenters. The zero-order chi connectivity index (χ0) is 56.3.